The molecular formula is C14H16O3. The Labute approximate surface area is 101 Å². The third kappa shape index (κ3) is 3.09. The van der Waals surface area contributed by atoms with E-state index in [0.717, 1.165) is 18.4 Å². The lowest BCUT2D eigenvalue weighted by Crippen LogP contribution is -2.17. The quantitative estimate of drug-likeness (QED) is 0.456. The molecule has 0 bridgehead atoms. The van der Waals surface area contributed by atoms with Gasteiger partial charge in [-0.05, 0) is 25.3 Å². The zero-order valence-corrected chi connectivity index (χ0v) is 9.94. The summed E-state index contributed by atoms with van der Waals surface area (Å²) in [6.45, 7) is 2.84. The van der Waals surface area contributed by atoms with Gasteiger partial charge in [-0.25, -0.2) is 4.79 Å². The highest BCUT2D eigenvalue weighted by atomic mass is 16.5. The molecule has 1 aliphatic rings. The first-order valence-electron chi connectivity index (χ1n) is 5.81. The molecule has 3 nitrogen and oxygen atoms in total. The van der Waals surface area contributed by atoms with Gasteiger partial charge in [0.1, 0.15) is 12.4 Å². The highest BCUT2D eigenvalue weighted by Crippen LogP contribution is 2.19. The standard InChI is InChI=1S/C14H16O3/c1-11(13-8-5-9-16-14(13)15)17-10-12-6-3-2-4-7-12/h2-4,6-7H,5,8-10H2,1H3/b13-11+. The van der Waals surface area contributed by atoms with Crippen LogP contribution in [0.1, 0.15) is 25.3 Å². The Hall–Kier alpha value is -1.77. The van der Waals surface area contributed by atoms with Crippen LogP contribution in [0, 0.1) is 0 Å². The molecule has 17 heavy (non-hydrogen) atoms. The number of cyclic esters (lactones) is 1. The smallest absolute Gasteiger partial charge is 0.337 e. The number of hydrogen-bond donors (Lipinski definition) is 0. The van der Waals surface area contributed by atoms with Crippen LogP contribution < -0.4 is 0 Å². The lowest BCUT2D eigenvalue weighted by molar-refractivity contribution is -0.141. The number of ether oxygens (including phenoxy) is 2. The molecule has 3 heteroatoms. The highest BCUT2D eigenvalue weighted by Gasteiger charge is 2.19. The monoisotopic (exact) mass is 232 g/mol. The molecule has 0 aromatic heterocycles. The van der Waals surface area contributed by atoms with E-state index in [9.17, 15) is 4.79 Å². The van der Waals surface area contributed by atoms with E-state index in [1.807, 2.05) is 37.3 Å². The minimum absolute atomic E-state index is 0.234. The van der Waals surface area contributed by atoms with Crippen molar-refractivity contribution in [1.29, 1.82) is 0 Å². The van der Waals surface area contributed by atoms with Crippen LogP contribution >= 0.6 is 0 Å². The summed E-state index contributed by atoms with van der Waals surface area (Å²) in [6.07, 6.45) is 1.63. The second-order valence-electron chi connectivity index (χ2n) is 4.05. The molecule has 1 aliphatic heterocycles. The molecule has 1 heterocycles. The third-order valence-electron chi connectivity index (χ3n) is 2.77. The largest absolute Gasteiger partial charge is 0.493 e. The number of carbonyl (C=O) groups is 1. The predicted molar refractivity (Wildman–Crippen MR) is 64.1 cm³/mol. The van der Waals surface area contributed by atoms with E-state index < -0.39 is 0 Å². The topological polar surface area (TPSA) is 35.5 Å². The van der Waals surface area contributed by atoms with Crippen LogP contribution in [0.2, 0.25) is 0 Å². The van der Waals surface area contributed by atoms with Gasteiger partial charge in [-0.3, -0.25) is 0 Å². The summed E-state index contributed by atoms with van der Waals surface area (Å²) in [7, 11) is 0. The number of esters is 1. The molecule has 0 radical (unpaired) electrons. The Balaban J connectivity index is 1.98. The SMILES string of the molecule is C/C(OCc1ccccc1)=C1/CCCOC1=O. The van der Waals surface area contributed by atoms with Gasteiger partial charge >= 0.3 is 5.97 Å². The van der Waals surface area contributed by atoms with Gasteiger partial charge in [0, 0.05) is 0 Å². The van der Waals surface area contributed by atoms with Crippen molar-refractivity contribution in [3.8, 4) is 0 Å². The molecule has 1 saturated heterocycles. The van der Waals surface area contributed by atoms with Crippen LogP contribution in [-0.2, 0) is 20.9 Å². The predicted octanol–water partition coefficient (Wildman–Crippen LogP) is 2.81. The van der Waals surface area contributed by atoms with Crippen molar-refractivity contribution in [3.63, 3.8) is 0 Å². The van der Waals surface area contributed by atoms with E-state index in [-0.39, 0.29) is 5.97 Å². The van der Waals surface area contributed by atoms with Gasteiger partial charge in [-0.1, -0.05) is 30.3 Å². The molecule has 1 aromatic rings. The fraction of sp³-hybridized carbons (Fsp3) is 0.357. The van der Waals surface area contributed by atoms with Gasteiger partial charge < -0.3 is 9.47 Å². The second-order valence-corrected chi connectivity index (χ2v) is 4.05. The molecule has 0 atom stereocenters. The zero-order valence-electron chi connectivity index (χ0n) is 9.94. The number of rotatable bonds is 3. The Morgan fingerprint density at radius 3 is 2.82 bits per heavy atom. The summed E-state index contributed by atoms with van der Waals surface area (Å²) < 4.78 is 10.6. The second kappa shape index (κ2) is 5.53. The van der Waals surface area contributed by atoms with Crippen molar-refractivity contribution < 1.29 is 14.3 Å². The van der Waals surface area contributed by atoms with Crippen molar-refractivity contribution in [2.24, 2.45) is 0 Å². The molecule has 0 unspecified atom stereocenters. The first-order chi connectivity index (χ1) is 8.27. The fourth-order valence-electron chi connectivity index (χ4n) is 1.78. The van der Waals surface area contributed by atoms with E-state index in [1.165, 1.54) is 0 Å². The third-order valence-corrected chi connectivity index (χ3v) is 2.77. The maximum Gasteiger partial charge on any atom is 0.337 e. The first kappa shape index (κ1) is 11.7. The average Bonchev–Trinajstić information content (AvgIpc) is 2.38. The van der Waals surface area contributed by atoms with E-state index in [2.05, 4.69) is 0 Å². The zero-order chi connectivity index (χ0) is 12.1. The van der Waals surface area contributed by atoms with Gasteiger partial charge in [-0.15, -0.1) is 0 Å². The molecule has 0 saturated carbocycles. The van der Waals surface area contributed by atoms with Crippen molar-refractivity contribution >= 4 is 5.97 Å². The van der Waals surface area contributed by atoms with Crippen LogP contribution in [0.4, 0.5) is 0 Å². The summed E-state index contributed by atoms with van der Waals surface area (Å²) in [4.78, 5) is 11.5. The Kier molecular flexibility index (Phi) is 3.81. The minimum Gasteiger partial charge on any atom is -0.493 e. The van der Waals surface area contributed by atoms with E-state index in [4.69, 9.17) is 9.47 Å². The maximum atomic E-state index is 11.5. The molecule has 1 aromatic carbocycles. The molecule has 0 N–H and O–H groups in total. The summed E-state index contributed by atoms with van der Waals surface area (Å²) in [5.41, 5.74) is 1.77. The molecule has 0 amide bonds. The minimum atomic E-state index is -0.234. The number of benzene rings is 1. The van der Waals surface area contributed by atoms with Gasteiger partial charge in [-0.2, -0.15) is 0 Å². The van der Waals surface area contributed by atoms with Crippen LogP contribution in [0.5, 0.6) is 0 Å². The lowest BCUT2D eigenvalue weighted by atomic mass is 10.1. The molecular weight excluding hydrogens is 216 g/mol. The van der Waals surface area contributed by atoms with E-state index in [1.54, 1.807) is 0 Å². The number of allylic oxidation sites excluding steroid dienone is 1. The summed E-state index contributed by atoms with van der Waals surface area (Å²) >= 11 is 0. The molecule has 90 valence electrons. The van der Waals surface area contributed by atoms with Crippen molar-refractivity contribution in [3.05, 3.63) is 47.2 Å². The van der Waals surface area contributed by atoms with Crippen LogP contribution in [0.3, 0.4) is 0 Å². The summed E-state index contributed by atoms with van der Waals surface area (Å²) in [5, 5.41) is 0. The highest BCUT2D eigenvalue weighted by molar-refractivity contribution is 5.89. The van der Waals surface area contributed by atoms with Crippen LogP contribution in [0.15, 0.2) is 41.7 Å². The number of carbonyl (C=O) groups excluding carboxylic acids is 1. The lowest BCUT2D eigenvalue weighted by Gasteiger charge is -2.17. The van der Waals surface area contributed by atoms with Crippen molar-refractivity contribution in [2.45, 2.75) is 26.4 Å². The van der Waals surface area contributed by atoms with Gasteiger partial charge in [0.25, 0.3) is 0 Å². The van der Waals surface area contributed by atoms with Gasteiger partial charge in [0.05, 0.1) is 12.2 Å². The van der Waals surface area contributed by atoms with Crippen LogP contribution in [-0.4, -0.2) is 12.6 Å². The Bertz CT molecular complexity index is 420. The van der Waals surface area contributed by atoms with Gasteiger partial charge in [0.2, 0.25) is 0 Å². The van der Waals surface area contributed by atoms with Crippen LogP contribution in [0.25, 0.3) is 0 Å². The normalized spacial score (nSPS) is 18.5. The van der Waals surface area contributed by atoms with E-state index >= 15 is 0 Å². The summed E-state index contributed by atoms with van der Waals surface area (Å²) in [6, 6.07) is 9.90. The molecule has 2 rings (SSSR count). The Morgan fingerprint density at radius 1 is 1.35 bits per heavy atom. The molecule has 0 aliphatic carbocycles. The number of hydrogen-bond acceptors (Lipinski definition) is 3. The van der Waals surface area contributed by atoms with E-state index in [0.29, 0.717) is 24.5 Å². The van der Waals surface area contributed by atoms with Crippen molar-refractivity contribution in [2.75, 3.05) is 6.61 Å². The first-order valence-corrected chi connectivity index (χ1v) is 5.81. The average molecular weight is 232 g/mol. The molecule has 1 fully saturated rings. The summed E-state index contributed by atoms with van der Waals surface area (Å²) in [5.74, 6) is 0.445. The molecule has 0 spiro atoms. The van der Waals surface area contributed by atoms with Crippen molar-refractivity contribution in [1.82, 2.24) is 0 Å². The Morgan fingerprint density at radius 2 is 2.12 bits per heavy atom. The van der Waals surface area contributed by atoms with Gasteiger partial charge in [0.15, 0.2) is 0 Å². The fourth-order valence-corrected chi connectivity index (χ4v) is 1.78. The maximum absolute atomic E-state index is 11.5.